The fraction of sp³-hybridized carbons (Fsp3) is 0.133. The lowest BCUT2D eigenvalue weighted by Gasteiger charge is -2.07. The van der Waals surface area contributed by atoms with Crippen LogP contribution in [0, 0.1) is 15.9 Å². The van der Waals surface area contributed by atoms with Gasteiger partial charge in [0.2, 0.25) is 0 Å². The van der Waals surface area contributed by atoms with Gasteiger partial charge in [0.15, 0.2) is 0 Å². The minimum Gasteiger partial charge on any atom is -0.457 e. The van der Waals surface area contributed by atoms with Crippen molar-refractivity contribution in [3.8, 4) is 0 Å². The number of ether oxygens (including phenoxy) is 1. The number of nitro benzene ring substituents is 1. The molecule has 2 rings (SSSR count). The van der Waals surface area contributed by atoms with E-state index in [1.54, 1.807) is 6.07 Å². The second-order valence-corrected chi connectivity index (χ2v) is 5.47. The first-order chi connectivity index (χ1) is 10.9. The number of hydrogen-bond donors (Lipinski definition) is 1. The third-order valence-corrected chi connectivity index (χ3v) is 3.57. The third-order valence-electron chi connectivity index (χ3n) is 3.07. The van der Waals surface area contributed by atoms with E-state index in [2.05, 4.69) is 21.2 Å². The Morgan fingerprint density at radius 2 is 2.09 bits per heavy atom. The van der Waals surface area contributed by atoms with Gasteiger partial charge in [-0.05, 0) is 24.3 Å². The minimum atomic E-state index is -0.766. The van der Waals surface area contributed by atoms with Gasteiger partial charge in [0.25, 0.3) is 5.69 Å². The van der Waals surface area contributed by atoms with Crippen molar-refractivity contribution >= 4 is 33.3 Å². The van der Waals surface area contributed by atoms with Crippen molar-refractivity contribution in [2.45, 2.75) is 6.61 Å². The first kappa shape index (κ1) is 16.9. The lowest BCUT2D eigenvalue weighted by atomic mass is 10.1. The summed E-state index contributed by atoms with van der Waals surface area (Å²) in [6.07, 6.45) is 0. The van der Waals surface area contributed by atoms with Crippen LogP contribution in [0.3, 0.4) is 0 Å². The topological polar surface area (TPSA) is 81.5 Å². The molecule has 0 fully saturated rings. The maximum atomic E-state index is 13.7. The van der Waals surface area contributed by atoms with Gasteiger partial charge in [-0.3, -0.25) is 10.1 Å². The fourth-order valence-electron chi connectivity index (χ4n) is 1.89. The van der Waals surface area contributed by atoms with Gasteiger partial charge >= 0.3 is 5.97 Å². The number of carbonyl (C=O) groups excluding carboxylic acids is 1. The maximum Gasteiger partial charge on any atom is 0.338 e. The summed E-state index contributed by atoms with van der Waals surface area (Å²) in [5, 5.41) is 13.6. The maximum absolute atomic E-state index is 13.7. The van der Waals surface area contributed by atoms with Crippen LogP contribution in [0.4, 0.5) is 15.8 Å². The summed E-state index contributed by atoms with van der Waals surface area (Å²) in [6, 6.07) is 8.30. The predicted octanol–water partition coefficient (Wildman–Crippen LogP) is 3.90. The van der Waals surface area contributed by atoms with Crippen LogP contribution in [0.15, 0.2) is 40.9 Å². The van der Waals surface area contributed by atoms with E-state index >= 15 is 0 Å². The lowest BCUT2D eigenvalue weighted by molar-refractivity contribution is -0.384. The zero-order chi connectivity index (χ0) is 17.0. The monoisotopic (exact) mass is 382 g/mol. The average Bonchev–Trinajstić information content (AvgIpc) is 2.53. The van der Waals surface area contributed by atoms with Crippen molar-refractivity contribution < 1.29 is 18.8 Å². The molecule has 0 aromatic heterocycles. The van der Waals surface area contributed by atoms with Crippen LogP contribution >= 0.6 is 15.9 Å². The number of anilines is 1. The van der Waals surface area contributed by atoms with Crippen LogP contribution in [0.25, 0.3) is 0 Å². The molecule has 0 aliphatic rings. The summed E-state index contributed by atoms with van der Waals surface area (Å²) in [6.45, 7) is -0.264. The highest BCUT2D eigenvalue weighted by Gasteiger charge is 2.18. The van der Waals surface area contributed by atoms with Crippen LogP contribution < -0.4 is 5.32 Å². The summed E-state index contributed by atoms with van der Waals surface area (Å²) in [5.41, 5.74) is 0.276. The Morgan fingerprint density at radius 1 is 1.35 bits per heavy atom. The van der Waals surface area contributed by atoms with Gasteiger partial charge in [-0.15, -0.1) is 0 Å². The summed E-state index contributed by atoms with van der Waals surface area (Å²) in [4.78, 5) is 22.3. The Balaban J connectivity index is 2.14. The summed E-state index contributed by atoms with van der Waals surface area (Å²) in [5.74, 6) is -1.28. The number of nitro groups is 1. The molecule has 8 heteroatoms. The van der Waals surface area contributed by atoms with Gasteiger partial charge in [-0.2, -0.15) is 0 Å². The number of rotatable bonds is 5. The van der Waals surface area contributed by atoms with E-state index in [1.165, 1.54) is 31.3 Å². The van der Waals surface area contributed by atoms with Crippen LogP contribution in [0.2, 0.25) is 0 Å². The van der Waals surface area contributed by atoms with E-state index < -0.39 is 16.7 Å². The van der Waals surface area contributed by atoms with E-state index in [-0.39, 0.29) is 29.1 Å². The van der Waals surface area contributed by atoms with Crippen LogP contribution in [0.5, 0.6) is 0 Å². The van der Waals surface area contributed by atoms with E-state index in [9.17, 15) is 19.3 Å². The molecule has 6 nitrogen and oxygen atoms in total. The highest BCUT2D eigenvalue weighted by Crippen LogP contribution is 2.25. The van der Waals surface area contributed by atoms with Gasteiger partial charge in [-0.25, -0.2) is 9.18 Å². The molecule has 120 valence electrons. The second kappa shape index (κ2) is 7.19. The lowest BCUT2D eigenvalue weighted by Crippen LogP contribution is -2.07. The number of benzene rings is 2. The molecule has 1 N–H and O–H groups in total. The Hall–Kier alpha value is -2.48. The number of hydrogen-bond acceptors (Lipinski definition) is 5. The van der Waals surface area contributed by atoms with Crippen LogP contribution in [-0.2, 0) is 11.3 Å². The van der Waals surface area contributed by atoms with E-state index in [0.717, 1.165) is 6.07 Å². The molecule has 0 saturated heterocycles. The number of carbonyl (C=O) groups is 1. The number of nitrogens with zero attached hydrogens (tertiary/aromatic N) is 1. The molecule has 0 heterocycles. The molecule has 0 saturated carbocycles. The highest BCUT2D eigenvalue weighted by atomic mass is 79.9. The van der Waals surface area contributed by atoms with E-state index in [4.69, 9.17) is 4.74 Å². The quantitative estimate of drug-likeness (QED) is 0.481. The predicted molar refractivity (Wildman–Crippen MR) is 85.9 cm³/mol. The summed E-state index contributed by atoms with van der Waals surface area (Å²) in [7, 11) is 1.54. The van der Waals surface area contributed by atoms with Gasteiger partial charge < -0.3 is 10.1 Å². The van der Waals surface area contributed by atoms with Crippen molar-refractivity contribution in [2.24, 2.45) is 0 Å². The first-order valence-corrected chi connectivity index (χ1v) is 7.29. The van der Waals surface area contributed by atoms with Crippen molar-refractivity contribution in [2.75, 3.05) is 12.4 Å². The molecule has 0 aliphatic carbocycles. The fourth-order valence-corrected chi connectivity index (χ4v) is 2.22. The largest absolute Gasteiger partial charge is 0.457 e. The Morgan fingerprint density at radius 3 is 2.70 bits per heavy atom. The molecule has 23 heavy (non-hydrogen) atoms. The molecule has 2 aromatic rings. The van der Waals surface area contributed by atoms with Crippen molar-refractivity contribution in [3.63, 3.8) is 0 Å². The van der Waals surface area contributed by atoms with Crippen molar-refractivity contribution in [3.05, 3.63) is 67.9 Å². The molecule has 2 aromatic carbocycles. The molecule has 0 atom stereocenters. The van der Waals surface area contributed by atoms with Crippen LogP contribution in [0.1, 0.15) is 15.9 Å². The van der Waals surface area contributed by atoms with Gasteiger partial charge in [0.1, 0.15) is 18.1 Å². The first-order valence-electron chi connectivity index (χ1n) is 6.49. The zero-order valence-electron chi connectivity index (χ0n) is 12.0. The van der Waals surface area contributed by atoms with Gasteiger partial charge in [0.05, 0.1) is 10.5 Å². The second-order valence-electron chi connectivity index (χ2n) is 4.55. The van der Waals surface area contributed by atoms with Crippen molar-refractivity contribution in [1.82, 2.24) is 0 Å². The van der Waals surface area contributed by atoms with Crippen LogP contribution in [-0.4, -0.2) is 17.9 Å². The third kappa shape index (κ3) is 4.04. The number of halogens is 2. The molecule has 0 bridgehead atoms. The standard InChI is InChI=1S/C15H12BrFN2O4/c1-18-13-5-3-9(6-14(13)19(21)22)15(20)23-8-10-2-4-11(16)7-12(10)17/h2-7,18H,8H2,1H3. The minimum absolute atomic E-state index is 0.0215. The van der Waals surface area contributed by atoms with E-state index in [1.807, 2.05) is 0 Å². The SMILES string of the molecule is CNc1ccc(C(=O)OCc2ccc(Br)cc2F)cc1[N+](=O)[O-]. The molecule has 0 amide bonds. The Kier molecular flexibility index (Phi) is 5.28. The highest BCUT2D eigenvalue weighted by molar-refractivity contribution is 9.10. The number of esters is 1. The molecule has 0 aliphatic heterocycles. The molecule has 0 radical (unpaired) electrons. The van der Waals surface area contributed by atoms with Gasteiger partial charge in [0, 0.05) is 23.2 Å². The molecular formula is C15H12BrFN2O4. The zero-order valence-corrected chi connectivity index (χ0v) is 13.6. The molecule has 0 unspecified atom stereocenters. The number of nitrogens with one attached hydrogen (secondary N) is 1. The Bertz CT molecular complexity index is 767. The molecule has 0 spiro atoms. The van der Waals surface area contributed by atoms with E-state index in [0.29, 0.717) is 4.47 Å². The summed E-state index contributed by atoms with van der Waals surface area (Å²) < 4.78 is 19.2. The summed E-state index contributed by atoms with van der Waals surface area (Å²) >= 11 is 3.13. The average molecular weight is 383 g/mol. The normalized spacial score (nSPS) is 10.2. The smallest absolute Gasteiger partial charge is 0.338 e. The molecular weight excluding hydrogens is 371 g/mol. The van der Waals surface area contributed by atoms with Crippen molar-refractivity contribution in [1.29, 1.82) is 0 Å². The Labute approximate surface area is 139 Å². The van der Waals surface area contributed by atoms with Gasteiger partial charge in [-0.1, -0.05) is 22.0 Å².